The molecule has 0 aromatic carbocycles. The monoisotopic (exact) mass is 333 g/mol. The van der Waals surface area contributed by atoms with Gasteiger partial charge in [0.15, 0.2) is 5.69 Å². The van der Waals surface area contributed by atoms with E-state index in [-0.39, 0.29) is 5.91 Å². The Morgan fingerprint density at radius 1 is 1.30 bits per heavy atom. The predicted molar refractivity (Wildman–Crippen MR) is 88.3 cm³/mol. The molecule has 1 aliphatic heterocycles. The number of amides is 1. The van der Waals surface area contributed by atoms with Crippen molar-refractivity contribution in [2.24, 2.45) is 7.05 Å². The van der Waals surface area contributed by atoms with Crippen molar-refractivity contribution in [1.82, 2.24) is 24.6 Å². The van der Waals surface area contributed by atoms with Crippen LogP contribution in [-0.4, -0.2) is 56.7 Å². The minimum atomic E-state index is -0.0844. The fourth-order valence-electron chi connectivity index (χ4n) is 2.84. The van der Waals surface area contributed by atoms with Crippen molar-refractivity contribution in [3.63, 3.8) is 0 Å². The second-order valence-corrected chi connectivity index (χ2v) is 6.19. The Labute approximate surface area is 140 Å². The molecule has 0 radical (unpaired) electrons. The standard InChI is InChI=1S/C16H20ClN5O/c1-20-12-14(17)15(19-20)16(23)22-7-3-6-21(8-9-22)11-13-4-2-5-18-10-13/h2,4-5,10,12H,3,6-9,11H2,1H3. The van der Waals surface area contributed by atoms with Crippen LogP contribution < -0.4 is 0 Å². The second kappa shape index (κ2) is 7.10. The third-order valence-corrected chi connectivity index (χ3v) is 4.27. The lowest BCUT2D eigenvalue weighted by atomic mass is 10.2. The number of hydrogen-bond donors (Lipinski definition) is 0. The first-order valence-electron chi connectivity index (χ1n) is 7.73. The number of carbonyl (C=O) groups excluding carboxylic acids is 1. The van der Waals surface area contributed by atoms with E-state index >= 15 is 0 Å². The predicted octanol–water partition coefficient (Wildman–Crippen LogP) is 1.82. The topological polar surface area (TPSA) is 54.3 Å². The normalized spacial score (nSPS) is 16.3. The van der Waals surface area contributed by atoms with Gasteiger partial charge in [0, 0.05) is 58.4 Å². The van der Waals surface area contributed by atoms with Gasteiger partial charge in [0.25, 0.3) is 5.91 Å². The lowest BCUT2D eigenvalue weighted by molar-refractivity contribution is 0.0754. The van der Waals surface area contributed by atoms with Crippen LogP contribution >= 0.6 is 11.6 Å². The third kappa shape index (κ3) is 3.89. The van der Waals surface area contributed by atoms with E-state index in [0.717, 1.165) is 32.6 Å². The van der Waals surface area contributed by atoms with Crippen molar-refractivity contribution >= 4 is 17.5 Å². The summed E-state index contributed by atoms with van der Waals surface area (Å²) in [5, 5.41) is 4.59. The van der Waals surface area contributed by atoms with Gasteiger partial charge in [-0.15, -0.1) is 0 Å². The zero-order chi connectivity index (χ0) is 16.2. The molecule has 1 amide bonds. The highest BCUT2D eigenvalue weighted by Crippen LogP contribution is 2.17. The van der Waals surface area contributed by atoms with Crippen LogP contribution in [0.3, 0.4) is 0 Å². The summed E-state index contributed by atoms with van der Waals surface area (Å²) in [5.74, 6) is -0.0844. The molecule has 0 aliphatic carbocycles. The van der Waals surface area contributed by atoms with Gasteiger partial charge in [-0.25, -0.2) is 0 Å². The maximum absolute atomic E-state index is 12.6. The van der Waals surface area contributed by atoms with Crippen LogP contribution in [0.5, 0.6) is 0 Å². The molecular weight excluding hydrogens is 314 g/mol. The summed E-state index contributed by atoms with van der Waals surface area (Å²) < 4.78 is 1.57. The number of carbonyl (C=O) groups is 1. The molecule has 0 N–H and O–H groups in total. The van der Waals surface area contributed by atoms with Crippen molar-refractivity contribution in [3.8, 4) is 0 Å². The number of hydrogen-bond acceptors (Lipinski definition) is 4. The largest absolute Gasteiger partial charge is 0.336 e. The Bertz CT molecular complexity index is 672. The van der Waals surface area contributed by atoms with Gasteiger partial charge in [-0.05, 0) is 18.1 Å². The number of aryl methyl sites for hydroxylation is 1. The average Bonchev–Trinajstić information content (AvgIpc) is 2.74. The van der Waals surface area contributed by atoms with E-state index in [0.29, 0.717) is 17.3 Å². The van der Waals surface area contributed by atoms with E-state index in [1.165, 1.54) is 5.56 Å². The molecule has 122 valence electrons. The molecule has 2 aromatic heterocycles. The fraction of sp³-hybridized carbons (Fsp3) is 0.438. The molecule has 1 fully saturated rings. The van der Waals surface area contributed by atoms with Crippen LogP contribution in [-0.2, 0) is 13.6 Å². The molecule has 1 saturated heterocycles. The Kier molecular flexibility index (Phi) is 4.93. The SMILES string of the molecule is Cn1cc(Cl)c(C(=O)N2CCCN(Cc3cccnc3)CC2)n1. The van der Waals surface area contributed by atoms with E-state index in [4.69, 9.17) is 11.6 Å². The van der Waals surface area contributed by atoms with Crippen LogP contribution in [0.2, 0.25) is 5.02 Å². The quantitative estimate of drug-likeness (QED) is 0.859. The summed E-state index contributed by atoms with van der Waals surface area (Å²) in [6.07, 6.45) is 6.27. The Hall–Kier alpha value is -1.92. The molecule has 2 aromatic rings. The molecular formula is C16H20ClN5O. The molecule has 0 saturated carbocycles. The number of rotatable bonds is 3. The first-order valence-corrected chi connectivity index (χ1v) is 8.11. The molecule has 6 nitrogen and oxygen atoms in total. The smallest absolute Gasteiger partial charge is 0.275 e. The van der Waals surface area contributed by atoms with E-state index in [2.05, 4.69) is 21.0 Å². The maximum atomic E-state index is 12.6. The summed E-state index contributed by atoms with van der Waals surface area (Å²) in [6.45, 7) is 4.08. The van der Waals surface area contributed by atoms with E-state index < -0.39 is 0 Å². The molecule has 0 atom stereocenters. The summed E-state index contributed by atoms with van der Waals surface area (Å²) >= 11 is 6.09. The highest BCUT2D eigenvalue weighted by atomic mass is 35.5. The van der Waals surface area contributed by atoms with Crippen LogP contribution in [0.1, 0.15) is 22.5 Å². The Morgan fingerprint density at radius 2 is 2.17 bits per heavy atom. The zero-order valence-corrected chi connectivity index (χ0v) is 13.9. The van der Waals surface area contributed by atoms with Gasteiger partial charge in [0.1, 0.15) is 0 Å². The summed E-state index contributed by atoms with van der Waals surface area (Å²) in [7, 11) is 1.76. The van der Waals surface area contributed by atoms with Gasteiger partial charge in [-0.2, -0.15) is 5.10 Å². The number of halogens is 1. The molecule has 0 spiro atoms. The second-order valence-electron chi connectivity index (χ2n) is 5.78. The number of aromatic nitrogens is 3. The minimum absolute atomic E-state index is 0.0844. The zero-order valence-electron chi connectivity index (χ0n) is 13.2. The summed E-state index contributed by atoms with van der Waals surface area (Å²) in [6, 6.07) is 4.03. The van der Waals surface area contributed by atoms with Gasteiger partial charge in [-0.1, -0.05) is 17.7 Å². The Balaban J connectivity index is 1.62. The maximum Gasteiger partial charge on any atom is 0.275 e. The Morgan fingerprint density at radius 3 is 2.87 bits per heavy atom. The van der Waals surface area contributed by atoms with Crippen LogP contribution in [0.4, 0.5) is 0 Å². The fourth-order valence-corrected chi connectivity index (χ4v) is 3.10. The lowest BCUT2D eigenvalue weighted by Gasteiger charge is -2.21. The third-order valence-electron chi connectivity index (χ3n) is 3.99. The average molecular weight is 334 g/mol. The van der Waals surface area contributed by atoms with Crippen LogP contribution in [0, 0.1) is 0 Å². The van der Waals surface area contributed by atoms with E-state index in [1.54, 1.807) is 24.1 Å². The molecule has 0 bridgehead atoms. The van der Waals surface area contributed by atoms with Crippen molar-refractivity contribution < 1.29 is 4.79 Å². The minimum Gasteiger partial charge on any atom is -0.336 e. The van der Waals surface area contributed by atoms with Gasteiger partial charge in [0.05, 0.1) is 5.02 Å². The first kappa shape index (κ1) is 16.0. The summed E-state index contributed by atoms with van der Waals surface area (Å²) in [5.41, 5.74) is 1.54. The van der Waals surface area contributed by atoms with Crippen LogP contribution in [0.25, 0.3) is 0 Å². The van der Waals surface area contributed by atoms with Crippen molar-refractivity contribution in [2.45, 2.75) is 13.0 Å². The lowest BCUT2D eigenvalue weighted by Crippen LogP contribution is -2.35. The first-order chi connectivity index (χ1) is 11.1. The van der Waals surface area contributed by atoms with Crippen molar-refractivity contribution in [1.29, 1.82) is 0 Å². The van der Waals surface area contributed by atoms with E-state index in [1.807, 2.05) is 17.2 Å². The molecule has 23 heavy (non-hydrogen) atoms. The van der Waals surface area contributed by atoms with Crippen molar-refractivity contribution in [2.75, 3.05) is 26.2 Å². The van der Waals surface area contributed by atoms with Gasteiger partial charge >= 0.3 is 0 Å². The van der Waals surface area contributed by atoms with Gasteiger partial charge in [-0.3, -0.25) is 19.4 Å². The summed E-state index contributed by atoms with van der Waals surface area (Å²) in [4.78, 5) is 20.9. The van der Waals surface area contributed by atoms with Gasteiger partial charge in [0.2, 0.25) is 0 Å². The molecule has 3 rings (SSSR count). The molecule has 7 heteroatoms. The van der Waals surface area contributed by atoms with Crippen molar-refractivity contribution in [3.05, 3.63) is 47.0 Å². The van der Waals surface area contributed by atoms with Gasteiger partial charge < -0.3 is 4.90 Å². The molecule has 3 heterocycles. The van der Waals surface area contributed by atoms with Crippen LogP contribution in [0.15, 0.2) is 30.7 Å². The molecule has 0 unspecified atom stereocenters. The van der Waals surface area contributed by atoms with E-state index in [9.17, 15) is 4.79 Å². The highest BCUT2D eigenvalue weighted by molar-refractivity contribution is 6.33. The highest BCUT2D eigenvalue weighted by Gasteiger charge is 2.24. The number of nitrogens with zero attached hydrogens (tertiary/aromatic N) is 5. The number of pyridine rings is 1. The molecule has 1 aliphatic rings.